The summed E-state index contributed by atoms with van der Waals surface area (Å²) in [5, 5.41) is 2.80. The molecule has 2 atom stereocenters. The minimum absolute atomic E-state index is 0.110. The fourth-order valence-electron chi connectivity index (χ4n) is 3.99. The maximum absolute atomic E-state index is 13.2. The van der Waals surface area contributed by atoms with Gasteiger partial charge < -0.3 is 15.8 Å². The molecular formula is C20H29BrN4O4S. The molecule has 0 radical (unpaired) electrons. The summed E-state index contributed by atoms with van der Waals surface area (Å²) < 4.78 is 6.25. The number of nitrogens with zero attached hydrogens (tertiary/aromatic N) is 2. The summed E-state index contributed by atoms with van der Waals surface area (Å²) in [4.78, 5) is 41.9. The maximum Gasteiger partial charge on any atom is 0.411 e. The lowest BCUT2D eigenvalue weighted by Crippen LogP contribution is -2.46. The van der Waals surface area contributed by atoms with Crippen molar-refractivity contribution in [3.05, 3.63) is 14.7 Å². The highest BCUT2D eigenvalue weighted by atomic mass is 79.9. The van der Waals surface area contributed by atoms with E-state index in [4.69, 9.17) is 10.5 Å². The fourth-order valence-corrected chi connectivity index (χ4v) is 5.39. The van der Waals surface area contributed by atoms with Crippen molar-refractivity contribution in [3.63, 3.8) is 0 Å². The van der Waals surface area contributed by atoms with Gasteiger partial charge in [-0.15, -0.1) is 11.3 Å². The molecule has 0 spiro atoms. The van der Waals surface area contributed by atoms with Gasteiger partial charge in [0, 0.05) is 12.6 Å². The first-order chi connectivity index (χ1) is 14.0. The minimum atomic E-state index is -0.675. The van der Waals surface area contributed by atoms with Crippen molar-refractivity contribution in [2.45, 2.75) is 64.1 Å². The van der Waals surface area contributed by atoms with Crippen LogP contribution in [0.5, 0.6) is 0 Å². The molecule has 2 aliphatic heterocycles. The van der Waals surface area contributed by atoms with E-state index in [2.05, 4.69) is 26.1 Å². The monoisotopic (exact) mass is 500 g/mol. The van der Waals surface area contributed by atoms with Crippen LogP contribution in [0.3, 0.4) is 0 Å². The van der Waals surface area contributed by atoms with Crippen molar-refractivity contribution in [2.75, 3.05) is 25.0 Å². The van der Waals surface area contributed by atoms with E-state index in [0.717, 1.165) is 37.3 Å². The molecule has 3 rings (SSSR count). The normalized spacial score (nSPS) is 22.7. The molecule has 2 saturated heterocycles. The molecule has 30 heavy (non-hydrogen) atoms. The van der Waals surface area contributed by atoms with Crippen LogP contribution in [0.4, 0.5) is 10.5 Å². The second-order valence-corrected chi connectivity index (χ2v) is 11.2. The van der Waals surface area contributed by atoms with Gasteiger partial charge in [-0.1, -0.05) is 6.42 Å². The van der Waals surface area contributed by atoms with Gasteiger partial charge in [0.1, 0.15) is 16.5 Å². The Hall–Kier alpha value is -1.65. The van der Waals surface area contributed by atoms with E-state index < -0.39 is 23.6 Å². The third-order valence-electron chi connectivity index (χ3n) is 5.30. The lowest BCUT2D eigenvalue weighted by atomic mass is 10.1. The van der Waals surface area contributed by atoms with E-state index in [-0.39, 0.29) is 16.8 Å². The smallest absolute Gasteiger partial charge is 0.411 e. The molecular weight excluding hydrogens is 472 g/mol. The summed E-state index contributed by atoms with van der Waals surface area (Å²) in [7, 11) is 0. The fraction of sp³-hybridized carbons (Fsp3) is 0.650. The number of thiophene rings is 1. The van der Waals surface area contributed by atoms with Crippen molar-refractivity contribution in [2.24, 2.45) is 5.73 Å². The van der Waals surface area contributed by atoms with Gasteiger partial charge in [0.25, 0.3) is 5.91 Å². The van der Waals surface area contributed by atoms with E-state index >= 15 is 0 Å². The van der Waals surface area contributed by atoms with Gasteiger partial charge in [0.2, 0.25) is 5.91 Å². The molecule has 166 valence electrons. The number of hydrogen-bond donors (Lipinski definition) is 2. The Morgan fingerprint density at radius 1 is 1.23 bits per heavy atom. The summed E-state index contributed by atoms with van der Waals surface area (Å²) in [6.45, 7) is 7.82. The number of likely N-dealkylation sites (tertiary alicyclic amines) is 2. The molecule has 0 aliphatic carbocycles. The van der Waals surface area contributed by atoms with E-state index in [1.54, 1.807) is 26.8 Å². The van der Waals surface area contributed by atoms with Crippen molar-refractivity contribution >= 4 is 50.9 Å². The molecule has 3 heterocycles. The minimum Gasteiger partial charge on any atom is -0.444 e. The number of carbonyl (C=O) groups is 3. The highest BCUT2D eigenvalue weighted by Gasteiger charge is 2.43. The molecule has 1 unspecified atom stereocenters. The number of anilines is 1. The molecule has 8 nitrogen and oxygen atoms in total. The Balaban J connectivity index is 1.79. The zero-order valence-electron chi connectivity index (χ0n) is 17.6. The van der Waals surface area contributed by atoms with E-state index in [9.17, 15) is 14.4 Å². The predicted molar refractivity (Wildman–Crippen MR) is 120 cm³/mol. The van der Waals surface area contributed by atoms with E-state index in [1.165, 1.54) is 11.3 Å². The van der Waals surface area contributed by atoms with Crippen molar-refractivity contribution in [1.29, 1.82) is 0 Å². The Kier molecular flexibility index (Phi) is 7.09. The second kappa shape index (κ2) is 9.23. The topological polar surface area (TPSA) is 105 Å². The van der Waals surface area contributed by atoms with Gasteiger partial charge in [-0.2, -0.15) is 0 Å². The van der Waals surface area contributed by atoms with Gasteiger partial charge in [-0.3, -0.25) is 19.4 Å². The molecule has 2 fully saturated rings. The van der Waals surface area contributed by atoms with Crippen LogP contribution in [0.1, 0.15) is 56.1 Å². The molecule has 0 bridgehead atoms. The third kappa shape index (κ3) is 5.53. The first kappa shape index (κ1) is 23.0. The number of primary amides is 1. The molecule has 10 heteroatoms. The van der Waals surface area contributed by atoms with Crippen LogP contribution in [0.15, 0.2) is 9.85 Å². The highest BCUT2D eigenvalue weighted by Crippen LogP contribution is 2.32. The second-order valence-electron chi connectivity index (χ2n) is 8.78. The average Bonchev–Trinajstić information content (AvgIpc) is 3.25. The van der Waals surface area contributed by atoms with Crippen LogP contribution in [0.2, 0.25) is 0 Å². The summed E-state index contributed by atoms with van der Waals surface area (Å²) >= 11 is 4.48. The SMILES string of the molecule is CC(C)(C)OC(=O)N1CC(N2CCCCC2)C[C@H]1C(=O)Nc1cc(Br)sc1C(N)=O. The van der Waals surface area contributed by atoms with Crippen molar-refractivity contribution < 1.29 is 19.1 Å². The van der Waals surface area contributed by atoms with Crippen molar-refractivity contribution in [3.8, 4) is 0 Å². The Bertz CT molecular complexity index is 816. The van der Waals surface area contributed by atoms with E-state index in [1.807, 2.05) is 0 Å². The summed E-state index contributed by atoms with van der Waals surface area (Å²) in [5.41, 5.74) is 5.13. The zero-order valence-corrected chi connectivity index (χ0v) is 20.0. The van der Waals surface area contributed by atoms with E-state index in [0.29, 0.717) is 22.4 Å². The Labute approximate surface area is 189 Å². The molecule has 2 aliphatic rings. The van der Waals surface area contributed by atoms with Crippen LogP contribution < -0.4 is 11.1 Å². The lowest BCUT2D eigenvalue weighted by molar-refractivity contribution is -0.120. The number of nitrogens with one attached hydrogen (secondary N) is 1. The Morgan fingerprint density at radius 2 is 1.90 bits per heavy atom. The average molecular weight is 501 g/mol. The Morgan fingerprint density at radius 3 is 2.50 bits per heavy atom. The van der Waals surface area contributed by atoms with Crippen LogP contribution in [0.25, 0.3) is 0 Å². The molecule has 3 amide bonds. The van der Waals surface area contributed by atoms with Crippen molar-refractivity contribution in [1.82, 2.24) is 9.80 Å². The number of carbonyl (C=O) groups excluding carboxylic acids is 3. The molecule has 0 aromatic carbocycles. The number of piperidine rings is 1. The molecule has 0 saturated carbocycles. The molecule has 1 aromatic rings. The number of hydrogen-bond acceptors (Lipinski definition) is 6. The summed E-state index contributed by atoms with van der Waals surface area (Å²) in [6, 6.07) is 1.09. The lowest BCUT2D eigenvalue weighted by Gasteiger charge is -2.32. The van der Waals surface area contributed by atoms with Crippen LogP contribution >= 0.6 is 27.3 Å². The standard InChI is InChI=1S/C20H29BrN4O4S/c1-20(2,3)29-19(28)25-11-12(24-7-5-4-6-8-24)9-14(25)18(27)23-13-10-15(21)30-16(13)17(22)26/h10,12,14H,4-9,11H2,1-3H3,(H2,22,26)(H,23,27)/t12?,14-/m0/s1. The predicted octanol–water partition coefficient (Wildman–Crippen LogP) is 3.41. The van der Waals surface area contributed by atoms with Gasteiger partial charge in [0.15, 0.2) is 0 Å². The number of ether oxygens (including phenoxy) is 1. The zero-order chi connectivity index (χ0) is 22.1. The third-order valence-corrected chi connectivity index (χ3v) is 6.95. The highest BCUT2D eigenvalue weighted by molar-refractivity contribution is 9.11. The number of nitrogens with two attached hydrogens (primary N) is 1. The maximum atomic E-state index is 13.2. The number of halogens is 1. The van der Waals surface area contributed by atoms with Crippen LogP contribution in [-0.4, -0.2) is 65.0 Å². The summed E-state index contributed by atoms with van der Waals surface area (Å²) in [5.74, 6) is -0.948. The first-order valence-electron chi connectivity index (χ1n) is 10.2. The van der Waals surface area contributed by atoms with Gasteiger partial charge in [-0.05, 0) is 75.1 Å². The molecule has 3 N–H and O–H groups in total. The van der Waals surface area contributed by atoms with Gasteiger partial charge in [-0.25, -0.2) is 4.79 Å². The summed E-state index contributed by atoms with van der Waals surface area (Å²) in [6.07, 6.45) is 3.51. The van der Waals surface area contributed by atoms with Gasteiger partial charge in [0.05, 0.1) is 9.47 Å². The van der Waals surface area contributed by atoms with Gasteiger partial charge >= 0.3 is 6.09 Å². The first-order valence-corrected chi connectivity index (χ1v) is 11.8. The van der Waals surface area contributed by atoms with Crippen LogP contribution in [0, 0.1) is 0 Å². The largest absolute Gasteiger partial charge is 0.444 e. The quantitative estimate of drug-likeness (QED) is 0.658. The molecule has 1 aromatic heterocycles. The van der Waals surface area contributed by atoms with Crippen LogP contribution in [-0.2, 0) is 9.53 Å². The number of amides is 3. The number of rotatable bonds is 4.